The molecule has 1 N–H and O–H groups in total. The smallest absolute Gasteiger partial charge is 0.311 e. The Hall–Kier alpha value is -3.09. The first kappa shape index (κ1) is 19.2. The van der Waals surface area contributed by atoms with Gasteiger partial charge in [-0.3, -0.25) is 14.4 Å². The van der Waals surface area contributed by atoms with Crippen LogP contribution in [-0.2, 0) is 32.1 Å². The second-order valence-corrected chi connectivity index (χ2v) is 7.57. The fourth-order valence-electron chi connectivity index (χ4n) is 4.07. The molecule has 0 radical (unpaired) electrons. The van der Waals surface area contributed by atoms with Crippen LogP contribution in [-0.4, -0.2) is 35.8 Å². The van der Waals surface area contributed by atoms with Crippen molar-refractivity contribution in [2.45, 2.75) is 38.3 Å². The molecular formula is C22H24N2O5. The molecule has 2 aromatic rings. The van der Waals surface area contributed by atoms with Gasteiger partial charge >= 0.3 is 5.97 Å². The molecule has 0 unspecified atom stereocenters. The van der Waals surface area contributed by atoms with Crippen LogP contribution in [0.25, 0.3) is 0 Å². The number of aryl methyl sites for hydroxylation is 1. The zero-order valence-electron chi connectivity index (χ0n) is 16.1. The number of ether oxygens (including phenoxy) is 1. The molecule has 2 amide bonds. The van der Waals surface area contributed by atoms with Crippen molar-refractivity contribution < 1.29 is 23.5 Å². The van der Waals surface area contributed by atoms with Crippen molar-refractivity contribution in [1.82, 2.24) is 10.2 Å². The van der Waals surface area contributed by atoms with E-state index in [1.165, 1.54) is 5.56 Å². The molecule has 0 spiro atoms. The molecule has 1 saturated heterocycles. The maximum atomic E-state index is 12.3. The predicted molar refractivity (Wildman–Crippen MR) is 103 cm³/mol. The number of hydrogen-bond donors (Lipinski definition) is 1. The Morgan fingerprint density at radius 3 is 2.90 bits per heavy atom. The molecule has 7 nitrogen and oxygen atoms in total. The molecule has 1 aliphatic carbocycles. The maximum absolute atomic E-state index is 12.3. The van der Waals surface area contributed by atoms with Crippen molar-refractivity contribution in [2.24, 2.45) is 5.92 Å². The van der Waals surface area contributed by atoms with E-state index in [2.05, 4.69) is 11.4 Å². The van der Waals surface area contributed by atoms with E-state index in [-0.39, 0.29) is 37.4 Å². The molecule has 1 aliphatic heterocycles. The highest BCUT2D eigenvalue weighted by Crippen LogP contribution is 2.29. The Balaban J connectivity index is 1.26. The molecule has 4 rings (SSSR count). The number of carbonyl (C=O) groups excluding carboxylic acids is 3. The summed E-state index contributed by atoms with van der Waals surface area (Å²) in [6.45, 7) is 0.271. The zero-order chi connectivity index (χ0) is 20.2. The molecule has 152 valence electrons. The first-order valence-electron chi connectivity index (χ1n) is 9.94. The quantitative estimate of drug-likeness (QED) is 0.758. The summed E-state index contributed by atoms with van der Waals surface area (Å²) in [4.78, 5) is 38.3. The second kappa shape index (κ2) is 8.51. The Bertz CT molecular complexity index is 892. The minimum atomic E-state index is -0.555. The van der Waals surface area contributed by atoms with Gasteiger partial charge in [0.25, 0.3) is 5.91 Å². The zero-order valence-corrected chi connectivity index (χ0v) is 16.1. The van der Waals surface area contributed by atoms with Gasteiger partial charge in [-0.15, -0.1) is 0 Å². The number of amides is 2. The molecular weight excluding hydrogens is 372 g/mol. The van der Waals surface area contributed by atoms with Crippen LogP contribution in [0.4, 0.5) is 0 Å². The topological polar surface area (TPSA) is 88.9 Å². The molecule has 0 bridgehead atoms. The van der Waals surface area contributed by atoms with E-state index in [0.717, 1.165) is 24.8 Å². The Labute approximate surface area is 169 Å². The SMILES string of the molecule is O=C(COC(=O)[C@H]1CC(=O)N(Cc2ccco2)C1)N[C@H]1CCCc2ccccc21. The average molecular weight is 396 g/mol. The highest BCUT2D eigenvalue weighted by atomic mass is 16.5. The van der Waals surface area contributed by atoms with Gasteiger partial charge in [-0.05, 0) is 42.5 Å². The summed E-state index contributed by atoms with van der Waals surface area (Å²) in [6, 6.07) is 11.6. The molecule has 2 atom stereocenters. The van der Waals surface area contributed by atoms with Gasteiger partial charge in [-0.25, -0.2) is 0 Å². The van der Waals surface area contributed by atoms with Crippen molar-refractivity contribution >= 4 is 17.8 Å². The van der Waals surface area contributed by atoms with E-state index in [4.69, 9.17) is 9.15 Å². The van der Waals surface area contributed by atoms with Crippen molar-refractivity contribution in [3.63, 3.8) is 0 Å². The van der Waals surface area contributed by atoms with Gasteiger partial charge in [-0.1, -0.05) is 24.3 Å². The minimum absolute atomic E-state index is 0.0528. The van der Waals surface area contributed by atoms with Crippen LogP contribution in [0.2, 0.25) is 0 Å². The number of benzene rings is 1. The van der Waals surface area contributed by atoms with Crippen LogP contribution in [0.5, 0.6) is 0 Å². The van der Waals surface area contributed by atoms with Gasteiger partial charge in [0.1, 0.15) is 5.76 Å². The summed E-state index contributed by atoms with van der Waals surface area (Å²) in [5.74, 6) is -0.844. The third-order valence-corrected chi connectivity index (χ3v) is 5.52. The maximum Gasteiger partial charge on any atom is 0.311 e. The van der Waals surface area contributed by atoms with Crippen molar-refractivity contribution in [3.8, 4) is 0 Å². The highest BCUT2D eigenvalue weighted by molar-refractivity contribution is 5.88. The number of nitrogens with zero attached hydrogens (tertiary/aromatic N) is 1. The molecule has 7 heteroatoms. The number of carbonyl (C=O) groups is 3. The lowest BCUT2D eigenvalue weighted by molar-refractivity contribution is -0.152. The highest BCUT2D eigenvalue weighted by Gasteiger charge is 2.36. The van der Waals surface area contributed by atoms with E-state index in [9.17, 15) is 14.4 Å². The van der Waals surface area contributed by atoms with E-state index in [0.29, 0.717) is 12.3 Å². The summed E-state index contributed by atoms with van der Waals surface area (Å²) >= 11 is 0. The number of nitrogens with one attached hydrogen (secondary N) is 1. The van der Waals surface area contributed by atoms with Crippen LogP contribution < -0.4 is 5.32 Å². The Morgan fingerprint density at radius 1 is 1.21 bits per heavy atom. The fourth-order valence-corrected chi connectivity index (χ4v) is 4.07. The third-order valence-electron chi connectivity index (χ3n) is 5.52. The molecule has 1 fully saturated rings. The van der Waals surface area contributed by atoms with Crippen LogP contribution in [0, 0.1) is 5.92 Å². The first-order chi connectivity index (χ1) is 14.1. The minimum Gasteiger partial charge on any atom is -0.467 e. The monoisotopic (exact) mass is 396 g/mol. The summed E-state index contributed by atoms with van der Waals surface area (Å²) in [5, 5.41) is 2.96. The van der Waals surface area contributed by atoms with E-state index in [1.807, 2.05) is 18.2 Å². The van der Waals surface area contributed by atoms with Crippen LogP contribution in [0.1, 0.15) is 42.2 Å². The molecule has 2 heterocycles. The lowest BCUT2D eigenvalue weighted by Gasteiger charge is -2.26. The lowest BCUT2D eigenvalue weighted by atomic mass is 9.88. The largest absolute Gasteiger partial charge is 0.467 e. The number of furan rings is 1. The molecule has 1 aromatic heterocycles. The molecule has 2 aliphatic rings. The van der Waals surface area contributed by atoms with Crippen molar-refractivity contribution in [1.29, 1.82) is 0 Å². The number of esters is 1. The average Bonchev–Trinajstić information content (AvgIpc) is 3.37. The Kier molecular flexibility index (Phi) is 5.64. The van der Waals surface area contributed by atoms with Gasteiger partial charge < -0.3 is 19.4 Å². The van der Waals surface area contributed by atoms with E-state index in [1.54, 1.807) is 23.3 Å². The van der Waals surface area contributed by atoms with Crippen LogP contribution in [0.15, 0.2) is 47.1 Å². The third kappa shape index (κ3) is 4.50. The number of fused-ring (bicyclic) bond motifs is 1. The standard InChI is InChI=1S/C22H24N2O5/c25-20(23-19-9-3-6-15-5-1-2-8-18(15)19)14-29-22(27)16-11-21(26)24(12-16)13-17-7-4-10-28-17/h1-2,4-5,7-8,10,16,19H,3,6,9,11-14H2,(H,23,25)/t16-,19-/m0/s1. The predicted octanol–water partition coefficient (Wildman–Crippen LogP) is 2.37. The first-order valence-corrected chi connectivity index (χ1v) is 9.94. The number of rotatable bonds is 6. The van der Waals surface area contributed by atoms with E-state index < -0.39 is 11.9 Å². The lowest BCUT2D eigenvalue weighted by Crippen LogP contribution is -2.35. The number of likely N-dealkylation sites (tertiary alicyclic amines) is 1. The number of hydrogen-bond acceptors (Lipinski definition) is 5. The fraction of sp³-hybridized carbons (Fsp3) is 0.409. The van der Waals surface area contributed by atoms with Crippen LogP contribution >= 0.6 is 0 Å². The molecule has 1 aromatic carbocycles. The van der Waals surface area contributed by atoms with Crippen molar-refractivity contribution in [3.05, 3.63) is 59.5 Å². The molecule has 29 heavy (non-hydrogen) atoms. The normalized spacial score (nSPS) is 21.0. The van der Waals surface area contributed by atoms with Crippen molar-refractivity contribution in [2.75, 3.05) is 13.2 Å². The second-order valence-electron chi connectivity index (χ2n) is 7.57. The van der Waals surface area contributed by atoms with Gasteiger partial charge in [0.2, 0.25) is 5.91 Å². The van der Waals surface area contributed by atoms with Gasteiger partial charge in [0.05, 0.1) is 24.8 Å². The van der Waals surface area contributed by atoms with Crippen LogP contribution in [0.3, 0.4) is 0 Å². The molecule has 0 saturated carbocycles. The van der Waals surface area contributed by atoms with E-state index >= 15 is 0 Å². The van der Waals surface area contributed by atoms with Gasteiger partial charge in [0, 0.05) is 13.0 Å². The Morgan fingerprint density at radius 2 is 2.07 bits per heavy atom. The summed E-state index contributed by atoms with van der Waals surface area (Å²) in [6.07, 6.45) is 4.54. The van der Waals surface area contributed by atoms with Gasteiger partial charge in [-0.2, -0.15) is 0 Å². The summed E-state index contributed by atoms with van der Waals surface area (Å²) < 4.78 is 10.4. The summed E-state index contributed by atoms with van der Waals surface area (Å²) in [5.41, 5.74) is 2.38. The van der Waals surface area contributed by atoms with Gasteiger partial charge in [0.15, 0.2) is 6.61 Å². The summed E-state index contributed by atoms with van der Waals surface area (Å²) in [7, 11) is 0.